The third kappa shape index (κ3) is 3.55. The molecule has 0 spiro atoms. The molecule has 0 atom stereocenters. The summed E-state index contributed by atoms with van der Waals surface area (Å²) in [5.41, 5.74) is -0.481. The van der Waals surface area contributed by atoms with Gasteiger partial charge in [0.1, 0.15) is 18.8 Å². The predicted molar refractivity (Wildman–Crippen MR) is 68.0 cm³/mol. The summed E-state index contributed by atoms with van der Waals surface area (Å²) < 4.78 is 15.7. The highest BCUT2D eigenvalue weighted by Crippen LogP contribution is 2.37. The van der Waals surface area contributed by atoms with Gasteiger partial charge in [0.2, 0.25) is 5.82 Å². The Balaban J connectivity index is 2.03. The van der Waals surface area contributed by atoms with E-state index in [1.165, 1.54) is 12.8 Å². The van der Waals surface area contributed by atoms with E-state index in [4.69, 9.17) is 19.1 Å². The van der Waals surface area contributed by atoms with Crippen LogP contribution in [0.1, 0.15) is 50.2 Å². The molecule has 0 aromatic carbocycles. The highest BCUT2D eigenvalue weighted by atomic mass is 16.5. The zero-order valence-corrected chi connectivity index (χ0v) is 11.6. The molecule has 0 amide bonds. The van der Waals surface area contributed by atoms with E-state index in [9.17, 15) is 4.79 Å². The molecule has 0 radical (unpaired) electrons. The smallest absolute Gasteiger partial charge is 0.329 e. The third-order valence-corrected chi connectivity index (χ3v) is 3.63. The minimum atomic E-state index is -1.03. The molecule has 0 aliphatic heterocycles. The Morgan fingerprint density at radius 2 is 2.05 bits per heavy atom. The molecule has 1 aliphatic rings. The number of carboxylic acid groups (broad SMARTS) is 1. The van der Waals surface area contributed by atoms with Crippen LogP contribution >= 0.6 is 0 Å². The lowest BCUT2D eigenvalue weighted by molar-refractivity contribution is -0.142. The molecule has 0 bridgehead atoms. The van der Waals surface area contributed by atoms with Crippen LogP contribution in [0.4, 0.5) is 0 Å². The highest BCUT2D eigenvalue weighted by Gasteiger charge is 2.37. The van der Waals surface area contributed by atoms with Gasteiger partial charge in [-0.3, -0.25) is 0 Å². The monoisotopic (exact) mass is 284 g/mol. The Morgan fingerprint density at radius 3 is 2.65 bits per heavy atom. The number of nitrogens with zero attached hydrogens (tertiary/aromatic N) is 2. The van der Waals surface area contributed by atoms with Crippen LogP contribution in [0, 0.1) is 0 Å². The highest BCUT2D eigenvalue weighted by molar-refractivity contribution is 5.67. The first kappa shape index (κ1) is 14.9. The number of hydrogen-bond donors (Lipinski definition) is 1. The fourth-order valence-corrected chi connectivity index (χ4v) is 2.54. The average Bonchev–Trinajstić information content (AvgIpc) is 2.76. The van der Waals surface area contributed by atoms with Crippen molar-refractivity contribution in [1.82, 2.24) is 10.1 Å². The van der Waals surface area contributed by atoms with Gasteiger partial charge in [0.05, 0.1) is 0 Å². The summed E-state index contributed by atoms with van der Waals surface area (Å²) in [4.78, 5) is 14.7. The number of methoxy groups -OCH3 is 1. The van der Waals surface area contributed by atoms with Gasteiger partial charge in [-0.1, -0.05) is 30.8 Å². The number of hydrogen-bond acceptors (Lipinski definition) is 6. The van der Waals surface area contributed by atoms with Gasteiger partial charge in [-0.2, -0.15) is 4.98 Å². The van der Waals surface area contributed by atoms with E-state index in [1.54, 1.807) is 7.11 Å². The maximum Gasteiger partial charge on any atom is 0.329 e. The van der Waals surface area contributed by atoms with Crippen LogP contribution < -0.4 is 0 Å². The van der Waals surface area contributed by atoms with Gasteiger partial charge in [-0.05, 0) is 12.8 Å². The largest absolute Gasteiger partial charge is 0.480 e. The van der Waals surface area contributed by atoms with E-state index in [0.717, 1.165) is 25.7 Å². The van der Waals surface area contributed by atoms with Crippen molar-refractivity contribution in [2.24, 2.45) is 0 Å². The molecule has 1 fully saturated rings. The normalized spacial score (nSPS) is 18.6. The van der Waals surface area contributed by atoms with Crippen molar-refractivity contribution in [1.29, 1.82) is 0 Å². The van der Waals surface area contributed by atoms with E-state index in [1.807, 2.05) is 0 Å². The number of rotatable bonds is 6. The summed E-state index contributed by atoms with van der Waals surface area (Å²) in [5, 5.41) is 12.5. The summed E-state index contributed by atoms with van der Waals surface area (Å²) in [6.45, 7) is -0.383. The molecule has 112 valence electrons. The number of aliphatic carboxylic acids is 1. The number of carbonyl (C=O) groups is 1. The van der Waals surface area contributed by atoms with E-state index in [-0.39, 0.29) is 19.1 Å². The Morgan fingerprint density at radius 1 is 1.35 bits per heavy atom. The first-order valence-electron chi connectivity index (χ1n) is 6.84. The molecule has 1 N–H and O–H groups in total. The Kier molecular flexibility index (Phi) is 5.08. The molecule has 1 saturated carbocycles. The molecular weight excluding hydrogens is 264 g/mol. The standard InChI is InChI=1S/C13H20N2O5/c1-18-13(6-4-2-3-5-7-13)12-14-10(20-15-12)8-19-9-11(16)17/h2-9H2,1H3,(H,16,17). The zero-order chi connectivity index (χ0) is 14.4. The summed E-state index contributed by atoms with van der Waals surface area (Å²) in [7, 11) is 1.67. The Hall–Kier alpha value is -1.47. The summed E-state index contributed by atoms with van der Waals surface area (Å²) in [5.74, 6) is -0.209. The van der Waals surface area contributed by atoms with Gasteiger partial charge < -0.3 is 19.1 Å². The maximum atomic E-state index is 10.4. The van der Waals surface area contributed by atoms with Crippen LogP contribution in [-0.4, -0.2) is 34.9 Å². The minimum absolute atomic E-state index is 0.000899. The molecule has 20 heavy (non-hydrogen) atoms. The molecule has 2 rings (SSSR count). The topological polar surface area (TPSA) is 94.7 Å². The molecule has 7 heteroatoms. The van der Waals surface area contributed by atoms with E-state index < -0.39 is 11.6 Å². The summed E-state index contributed by atoms with van der Waals surface area (Å²) in [6, 6.07) is 0. The number of carboxylic acids is 1. The molecule has 7 nitrogen and oxygen atoms in total. The lowest BCUT2D eigenvalue weighted by Crippen LogP contribution is -2.29. The van der Waals surface area contributed by atoms with Crippen molar-refractivity contribution >= 4 is 5.97 Å². The lowest BCUT2D eigenvalue weighted by atomic mass is 9.93. The van der Waals surface area contributed by atoms with Gasteiger partial charge >= 0.3 is 5.97 Å². The van der Waals surface area contributed by atoms with Crippen LogP contribution in [0.5, 0.6) is 0 Å². The zero-order valence-electron chi connectivity index (χ0n) is 11.6. The van der Waals surface area contributed by atoms with Crippen LogP contribution in [0.25, 0.3) is 0 Å². The second kappa shape index (κ2) is 6.81. The van der Waals surface area contributed by atoms with Crippen LogP contribution in [-0.2, 0) is 26.5 Å². The number of aromatic nitrogens is 2. The Labute approximate surface area is 117 Å². The van der Waals surface area contributed by atoms with Crippen molar-refractivity contribution < 1.29 is 23.9 Å². The molecule has 1 aromatic heterocycles. The maximum absolute atomic E-state index is 10.4. The molecule has 1 heterocycles. The molecule has 1 aliphatic carbocycles. The van der Waals surface area contributed by atoms with Gasteiger partial charge in [0, 0.05) is 7.11 Å². The van der Waals surface area contributed by atoms with Crippen molar-refractivity contribution in [3.8, 4) is 0 Å². The number of ether oxygens (including phenoxy) is 2. The van der Waals surface area contributed by atoms with Crippen molar-refractivity contribution in [3.63, 3.8) is 0 Å². The molecule has 1 aromatic rings. The van der Waals surface area contributed by atoms with E-state index >= 15 is 0 Å². The second-order valence-electron chi connectivity index (χ2n) is 5.01. The molecule has 0 saturated heterocycles. The van der Waals surface area contributed by atoms with Gasteiger partial charge in [-0.15, -0.1) is 0 Å². The summed E-state index contributed by atoms with van der Waals surface area (Å²) in [6.07, 6.45) is 6.28. The van der Waals surface area contributed by atoms with Crippen LogP contribution in [0.2, 0.25) is 0 Å². The van der Waals surface area contributed by atoms with E-state index in [2.05, 4.69) is 10.1 Å². The van der Waals surface area contributed by atoms with Crippen molar-refractivity contribution in [2.45, 2.75) is 50.7 Å². The SMILES string of the molecule is COC1(c2noc(COCC(=O)O)n2)CCCCCC1. The third-order valence-electron chi connectivity index (χ3n) is 3.63. The molecule has 0 unspecified atom stereocenters. The minimum Gasteiger partial charge on any atom is -0.480 e. The first-order chi connectivity index (χ1) is 9.66. The second-order valence-corrected chi connectivity index (χ2v) is 5.01. The van der Waals surface area contributed by atoms with E-state index in [0.29, 0.717) is 5.82 Å². The van der Waals surface area contributed by atoms with Crippen molar-refractivity contribution in [2.75, 3.05) is 13.7 Å². The van der Waals surface area contributed by atoms with Gasteiger partial charge in [-0.25, -0.2) is 4.79 Å². The fourth-order valence-electron chi connectivity index (χ4n) is 2.54. The first-order valence-corrected chi connectivity index (χ1v) is 6.84. The average molecular weight is 284 g/mol. The van der Waals surface area contributed by atoms with Crippen LogP contribution in [0.15, 0.2) is 4.52 Å². The molecular formula is C13H20N2O5. The van der Waals surface area contributed by atoms with Crippen molar-refractivity contribution in [3.05, 3.63) is 11.7 Å². The van der Waals surface area contributed by atoms with Gasteiger partial charge in [0.25, 0.3) is 5.89 Å². The van der Waals surface area contributed by atoms with Gasteiger partial charge in [0.15, 0.2) is 0 Å². The quantitative estimate of drug-likeness (QED) is 0.797. The Bertz CT molecular complexity index is 438. The summed E-state index contributed by atoms with van der Waals surface area (Å²) >= 11 is 0. The van der Waals surface area contributed by atoms with Crippen LogP contribution in [0.3, 0.4) is 0 Å². The fraction of sp³-hybridized carbons (Fsp3) is 0.769. The lowest BCUT2D eigenvalue weighted by Gasteiger charge is -2.27. The predicted octanol–water partition coefficient (Wildman–Crippen LogP) is 1.87.